The number of hydrogen-bond acceptors (Lipinski definition) is 6. The van der Waals surface area contributed by atoms with Gasteiger partial charge in [0.25, 0.3) is 23.6 Å². The van der Waals surface area contributed by atoms with Crippen LogP contribution in [0, 0.1) is 0 Å². The molecular weight excluding hydrogens is 742 g/mol. The molecule has 2 aliphatic rings. The van der Waals surface area contributed by atoms with Crippen LogP contribution in [0.1, 0.15) is 41.4 Å². The average molecular weight is 764 g/mol. The normalized spacial score (nSPS) is 13.6. The molecule has 2 aliphatic heterocycles. The van der Waals surface area contributed by atoms with Crippen molar-refractivity contribution in [3.8, 4) is 33.4 Å². The van der Waals surface area contributed by atoms with E-state index in [2.05, 4.69) is 0 Å². The fourth-order valence-electron chi connectivity index (χ4n) is 6.46. The van der Waals surface area contributed by atoms with Gasteiger partial charge in [-0.3, -0.25) is 19.2 Å². The maximum Gasteiger partial charge on any atom is 0.266 e. The number of rotatable bonds is 5. The summed E-state index contributed by atoms with van der Waals surface area (Å²) in [5.74, 6) is -2.23. The Morgan fingerprint density at radius 1 is 0.346 bits per heavy atom. The molecule has 4 amide bonds. The zero-order chi connectivity index (χ0) is 36.6. The molecule has 0 unspecified atom stereocenters. The van der Waals surface area contributed by atoms with E-state index in [1.807, 2.05) is 24.3 Å². The van der Waals surface area contributed by atoms with E-state index in [1.54, 1.807) is 60.7 Å². The monoisotopic (exact) mass is 762 g/mol. The minimum absolute atomic E-state index is 0.0428. The van der Waals surface area contributed by atoms with Gasteiger partial charge >= 0.3 is 0 Å². The number of hydrogen-bond donors (Lipinski definition) is 2. The van der Waals surface area contributed by atoms with Gasteiger partial charge in [-0.2, -0.15) is 0 Å². The number of carbonyl (C=O) groups excluding carboxylic acids is 4. The number of nitrogens with zero attached hydrogens (tertiary/aromatic N) is 2. The smallest absolute Gasteiger partial charge is 0.266 e. The highest BCUT2D eigenvalue weighted by Gasteiger charge is 2.40. The SMILES string of the molecule is Nc1ccc(-c2ccc3c(c2)C(=O)N(c2cc(Cl)c(-c4cc(Cl)c(N5C(=O)c6ccc(-c7ccc(N)cc7)cc6C5=O)cc4Cl)cc2Cl)C3=O)cc1. The quantitative estimate of drug-likeness (QED) is 0.133. The molecule has 12 heteroatoms. The van der Waals surface area contributed by atoms with Crippen molar-refractivity contribution < 1.29 is 19.2 Å². The molecule has 8 nitrogen and oxygen atoms in total. The maximum atomic E-state index is 13.6. The molecule has 52 heavy (non-hydrogen) atoms. The van der Waals surface area contributed by atoms with Gasteiger partial charge in [0, 0.05) is 22.5 Å². The minimum Gasteiger partial charge on any atom is -0.399 e. The van der Waals surface area contributed by atoms with E-state index >= 15 is 0 Å². The molecule has 0 aromatic heterocycles. The van der Waals surface area contributed by atoms with E-state index in [-0.39, 0.29) is 53.7 Å². The summed E-state index contributed by atoms with van der Waals surface area (Å²) in [7, 11) is 0. The van der Waals surface area contributed by atoms with Gasteiger partial charge in [-0.1, -0.05) is 82.8 Å². The van der Waals surface area contributed by atoms with Gasteiger partial charge in [-0.25, -0.2) is 9.80 Å². The highest BCUT2D eigenvalue weighted by molar-refractivity contribution is 6.44. The molecular formula is C40H22Cl4N4O4. The molecule has 0 saturated carbocycles. The zero-order valence-corrected chi connectivity index (χ0v) is 29.6. The highest BCUT2D eigenvalue weighted by atomic mass is 35.5. The Labute approximate surface area is 316 Å². The average Bonchev–Trinajstić information content (AvgIpc) is 3.53. The van der Waals surface area contributed by atoms with Gasteiger partial charge in [0.2, 0.25) is 0 Å². The van der Waals surface area contributed by atoms with Crippen LogP contribution in [-0.2, 0) is 0 Å². The number of fused-ring (bicyclic) bond motifs is 2. The Morgan fingerprint density at radius 3 is 1.04 bits per heavy atom. The number of halogens is 4. The largest absolute Gasteiger partial charge is 0.399 e. The molecule has 0 spiro atoms. The van der Waals surface area contributed by atoms with Crippen LogP contribution in [0.3, 0.4) is 0 Å². The molecule has 0 fully saturated rings. The second-order valence-corrected chi connectivity index (χ2v) is 13.9. The molecule has 0 radical (unpaired) electrons. The lowest BCUT2D eigenvalue weighted by atomic mass is 10.00. The molecule has 8 rings (SSSR count). The third-order valence-electron chi connectivity index (χ3n) is 9.11. The van der Waals surface area contributed by atoms with Crippen LogP contribution in [0.15, 0.2) is 109 Å². The standard InChI is InChI=1S/C40H22Cl4N4O4/c41-31-17-35(47-37(49)25-11-5-21(13-29(25)39(47)51)19-1-7-23(45)8-2-19)33(43)15-27(31)28-16-34(44)36(18-32(28)42)48-38(50)26-12-6-22(14-30(26)40(48)52)20-3-9-24(46)10-4-20/h1-18H,45-46H2. The summed E-state index contributed by atoms with van der Waals surface area (Å²) in [5, 5.41) is 0.308. The molecule has 0 bridgehead atoms. The minimum atomic E-state index is -0.560. The van der Waals surface area contributed by atoms with E-state index in [4.69, 9.17) is 57.9 Å². The first-order valence-electron chi connectivity index (χ1n) is 15.7. The topological polar surface area (TPSA) is 127 Å². The fourth-order valence-corrected chi connectivity index (χ4v) is 7.47. The Balaban J connectivity index is 1.09. The van der Waals surface area contributed by atoms with Crippen LogP contribution < -0.4 is 21.3 Å². The highest BCUT2D eigenvalue weighted by Crippen LogP contribution is 2.46. The van der Waals surface area contributed by atoms with Crippen molar-refractivity contribution in [1.82, 2.24) is 0 Å². The van der Waals surface area contributed by atoms with E-state index < -0.39 is 23.6 Å². The van der Waals surface area contributed by atoms with E-state index in [1.165, 1.54) is 24.3 Å². The summed E-state index contributed by atoms with van der Waals surface area (Å²) in [4.78, 5) is 56.3. The van der Waals surface area contributed by atoms with Gasteiger partial charge in [-0.05, 0) is 95.1 Å². The Kier molecular flexibility index (Phi) is 8.08. The summed E-state index contributed by atoms with van der Waals surface area (Å²) in [6.07, 6.45) is 0. The summed E-state index contributed by atoms with van der Waals surface area (Å²) in [6.45, 7) is 0. The molecule has 6 aromatic rings. The lowest BCUT2D eigenvalue weighted by molar-refractivity contribution is 0.0910. The van der Waals surface area contributed by atoms with Crippen LogP contribution in [0.2, 0.25) is 20.1 Å². The Bertz CT molecular complexity index is 2390. The van der Waals surface area contributed by atoms with Crippen molar-refractivity contribution >= 4 is 92.8 Å². The van der Waals surface area contributed by atoms with Crippen molar-refractivity contribution in [3.63, 3.8) is 0 Å². The number of imide groups is 2. The third kappa shape index (κ3) is 5.39. The lowest BCUT2D eigenvalue weighted by Crippen LogP contribution is -2.29. The summed E-state index contributed by atoms with van der Waals surface area (Å²) < 4.78 is 0. The van der Waals surface area contributed by atoms with Crippen LogP contribution in [-0.4, -0.2) is 23.6 Å². The predicted octanol–water partition coefficient (Wildman–Crippen LogP) is 10.1. The zero-order valence-electron chi connectivity index (χ0n) is 26.6. The molecule has 0 aliphatic carbocycles. The molecule has 0 saturated heterocycles. The van der Waals surface area contributed by atoms with Crippen molar-refractivity contribution in [3.05, 3.63) is 152 Å². The van der Waals surface area contributed by atoms with Crippen molar-refractivity contribution in [1.29, 1.82) is 0 Å². The van der Waals surface area contributed by atoms with Gasteiger partial charge in [0.15, 0.2) is 0 Å². The van der Waals surface area contributed by atoms with E-state index in [0.717, 1.165) is 32.1 Å². The van der Waals surface area contributed by atoms with E-state index in [0.29, 0.717) is 22.5 Å². The second kappa shape index (κ2) is 12.5. The molecule has 2 heterocycles. The number of carbonyl (C=O) groups is 4. The molecule has 6 aromatic carbocycles. The number of nitrogens with two attached hydrogens (primary N) is 2. The van der Waals surface area contributed by atoms with Crippen molar-refractivity contribution in [2.24, 2.45) is 0 Å². The Morgan fingerprint density at radius 2 is 0.673 bits per heavy atom. The van der Waals surface area contributed by atoms with Crippen LogP contribution in [0.4, 0.5) is 22.7 Å². The Hall–Kier alpha value is -5.64. The number of benzene rings is 6. The third-order valence-corrected chi connectivity index (χ3v) is 10.3. The van der Waals surface area contributed by atoms with Gasteiger partial charge < -0.3 is 11.5 Å². The van der Waals surface area contributed by atoms with E-state index in [9.17, 15) is 19.2 Å². The van der Waals surface area contributed by atoms with Gasteiger partial charge in [0.1, 0.15) is 0 Å². The number of amides is 4. The predicted molar refractivity (Wildman–Crippen MR) is 207 cm³/mol. The fraction of sp³-hybridized carbons (Fsp3) is 0. The second-order valence-electron chi connectivity index (χ2n) is 12.2. The number of anilines is 4. The first-order valence-corrected chi connectivity index (χ1v) is 17.2. The van der Waals surface area contributed by atoms with Gasteiger partial charge in [0.05, 0.1) is 53.7 Å². The lowest BCUT2D eigenvalue weighted by Gasteiger charge is -2.20. The van der Waals surface area contributed by atoms with Crippen LogP contribution in [0.25, 0.3) is 33.4 Å². The first-order chi connectivity index (χ1) is 24.9. The summed E-state index contributed by atoms with van der Waals surface area (Å²) in [5.41, 5.74) is 17.7. The molecule has 254 valence electrons. The van der Waals surface area contributed by atoms with Crippen LogP contribution in [0.5, 0.6) is 0 Å². The van der Waals surface area contributed by atoms with Crippen molar-refractivity contribution in [2.45, 2.75) is 0 Å². The number of nitrogen functional groups attached to an aromatic ring is 2. The van der Waals surface area contributed by atoms with Crippen molar-refractivity contribution in [2.75, 3.05) is 21.3 Å². The van der Waals surface area contributed by atoms with Gasteiger partial charge in [-0.15, -0.1) is 0 Å². The first kappa shape index (κ1) is 33.5. The summed E-state index contributed by atoms with van der Waals surface area (Å²) in [6, 6.07) is 30.1. The van der Waals surface area contributed by atoms with Crippen LogP contribution >= 0.6 is 46.4 Å². The molecule has 4 N–H and O–H groups in total. The summed E-state index contributed by atoms with van der Waals surface area (Å²) >= 11 is 27.0. The maximum absolute atomic E-state index is 13.6. The molecule has 0 atom stereocenters.